The summed E-state index contributed by atoms with van der Waals surface area (Å²) in [5.74, 6) is -0.526. The number of hydrogen-bond donors (Lipinski definition) is 1. The Bertz CT molecular complexity index is 1770. The fourth-order valence-electron chi connectivity index (χ4n) is 5.27. The lowest BCUT2D eigenvalue weighted by Gasteiger charge is -2.35. The van der Waals surface area contributed by atoms with Crippen molar-refractivity contribution in [2.24, 2.45) is 0 Å². The number of amides is 2. The molecule has 0 bridgehead atoms. The minimum absolute atomic E-state index is 0.0407. The Morgan fingerprint density at radius 2 is 1.45 bits per heavy atom. The number of aryl methyl sites for hydroxylation is 2. The third-order valence-electron chi connectivity index (χ3n) is 7.69. The van der Waals surface area contributed by atoms with Crippen molar-refractivity contribution in [3.63, 3.8) is 0 Å². The zero-order valence-electron chi connectivity index (χ0n) is 28.1. The van der Waals surface area contributed by atoms with Gasteiger partial charge in [-0.3, -0.25) is 13.9 Å². The van der Waals surface area contributed by atoms with Crippen molar-refractivity contribution in [1.29, 1.82) is 0 Å². The maximum absolute atomic E-state index is 14.7. The van der Waals surface area contributed by atoms with E-state index in [0.717, 1.165) is 26.6 Å². The van der Waals surface area contributed by atoms with E-state index in [1.54, 1.807) is 36.4 Å². The number of nitrogens with zero attached hydrogens (tertiary/aromatic N) is 2. The summed E-state index contributed by atoms with van der Waals surface area (Å²) in [5.41, 5.74) is 3.24. The number of rotatable bonds is 13. The van der Waals surface area contributed by atoms with Crippen LogP contribution in [0.15, 0.2) is 108 Å². The fraction of sp³-hybridized carbons (Fsp3) is 0.316. The number of ether oxygens (including phenoxy) is 1. The van der Waals surface area contributed by atoms with Crippen LogP contribution in [0.4, 0.5) is 5.69 Å². The van der Waals surface area contributed by atoms with Crippen molar-refractivity contribution in [3.05, 3.63) is 125 Å². The summed E-state index contributed by atoms with van der Waals surface area (Å²) in [5, 5.41) is 3.06. The molecule has 47 heavy (non-hydrogen) atoms. The highest BCUT2D eigenvalue weighted by Gasteiger charge is 2.36. The van der Waals surface area contributed by atoms with Crippen LogP contribution < -0.4 is 14.4 Å². The molecule has 2 amide bonds. The summed E-state index contributed by atoms with van der Waals surface area (Å²) < 4.78 is 35.7. The summed E-state index contributed by atoms with van der Waals surface area (Å²) in [6.07, 6.45) is 0.237. The van der Waals surface area contributed by atoms with E-state index in [-0.39, 0.29) is 29.5 Å². The lowest BCUT2D eigenvalue weighted by molar-refractivity contribution is -0.140. The van der Waals surface area contributed by atoms with Gasteiger partial charge in [-0.2, -0.15) is 0 Å². The number of carbonyl (C=O) groups is 2. The van der Waals surface area contributed by atoms with Gasteiger partial charge in [0.25, 0.3) is 10.0 Å². The summed E-state index contributed by atoms with van der Waals surface area (Å²) in [6, 6.07) is 29.5. The van der Waals surface area contributed by atoms with Crippen LogP contribution in [0.5, 0.6) is 5.75 Å². The predicted molar refractivity (Wildman–Crippen MR) is 187 cm³/mol. The molecule has 0 saturated carbocycles. The fourth-order valence-corrected chi connectivity index (χ4v) is 6.69. The Kier molecular flexibility index (Phi) is 11.5. The summed E-state index contributed by atoms with van der Waals surface area (Å²) in [4.78, 5) is 30.4. The second-order valence-corrected chi connectivity index (χ2v) is 14.5. The summed E-state index contributed by atoms with van der Waals surface area (Å²) in [7, 11) is -4.25. The topological polar surface area (TPSA) is 96.0 Å². The molecule has 8 nitrogen and oxygen atoms in total. The number of hydrogen-bond acceptors (Lipinski definition) is 5. The molecule has 9 heteroatoms. The molecule has 4 aromatic rings. The van der Waals surface area contributed by atoms with Crippen molar-refractivity contribution in [1.82, 2.24) is 10.2 Å². The van der Waals surface area contributed by atoms with Crippen LogP contribution in [0.1, 0.15) is 49.9 Å². The van der Waals surface area contributed by atoms with Crippen molar-refractivity contribution in [2.45, 2.75) is 71.0 Å². The van der Waals surface area contributed by atoms with Crippen LogP contribution in [-0.4, -0.2) is 49.9 Å². The molecule has 0 fully saturated rings. The first-order chi connectivity index (χ1) is 22.3. The summed E-state index contributed by atoms with van der Waals surface area (Å²) >= 11 is 0. The Morgan fingerprint density at radius 3 is 2.09 bits per heavy atom. The first-order valence-corrected chi connectivity index (χ1v) is 17.3. The molecule has 0 spiro atoms. The minimum atomic E-state index is -4.25. The molecule has 0 heterocycles. The molecule has 0 saturated heterocycles. The molecule has 0 aliphatic rings. The number of nitrogens with one attached hydrogen (secondary N) is 1. The van der Waals surface area contributed by atoms with Gasteiger partial charge in [0.1, 0.15) is 18.3 Å². The van der Waals surface area contributed by atoms with Crippen molar-refractivity contribution < 1.29 is 22.7 Å². The molecule has 1 atom stereocenters. The van der Waals surface area contributed by atoms with Gasteiger partial charge in [0, 0.05) is 18.5 Å². The third kappa shape index (κ3) is 9.23. The minimum Gasteiger partial charge on any atom is -0.492 e. The Hall–Kier alpha value is -4.63. The molecule has 0 aliphatic carbocycles. The second kappa shape index (κ2) is 15.3. The second-order valence-electron chi connectivity index (χ2n) is 12.6. The largest absolute Gasteiger partial charge is 0.492 e. The maximum Gasteiger partial charge on any atom is 0.264 e. The quantitative estimate of drug-likeness (QED) is 0.179. The first kappa shape index (κ1) is 35.2. The van der Waals surface area contributed by atoms with E-state index in [4.69, 9.17) is 4.74 Å². The van der Waals surface area contributed by atoms with E-state index in [1.165, 1.54) is 17.0 Å². The van der Waals surface area contributed by atoms with Crippen LogP contribution in [0.25, 0.3) is 0 Å². The van der Waals surface area contributed by atoms with E-state index < -0.39 is 34.1 Å². The van der Waals surface area contributed by atoms with Gasteiger partial charge < -0.3 is 15.0 Å². The molecular formula is C38H45N3O5S. The number of para-hydroxylation sites is 2. The van der Waals surface area contributed by atoms with Crippen LogP contribution in [0.3, 0.4) is 0 Å². The van der Waals surface area contributed by atoms with E-state index in [9.17, 15) is 18.0 Å². The highest BCUT2D eigenvalue weighted by Crippen LogP contribution is 2.33. The average molecular weight is 656 g/mol. The molecule has 0 aliphatic heterocycles. The molecular weight excluding hydrogens is 611 g/mol. The number of sulfonamides is 1. The standard InChI is InChI=1S/C38H45N3O5S/c1-7-46-35-20-14-13-19-33(35)41(47(44,45)32-23-21-28(2)22-24-32)27-36(42)40(26-31-18-12-11-15-29(31)3)34(37(43)39-38(4,5)6)25-30-16-9-8-10-17-30/h8-24,34H,7,25-27H2,1-6H3,(H,39,43). The Balaban J connectivity index is 1.86. The number of carbonyl (C=O) groups excluding carboxylic acids is 2. The highest BCUT2D eigenvalue weighted by atomic mass is 32.2. The monoisotopic (exact) mass is 655 g/mol. The molecule has 0 radical (unpaired) electrons. The average Bonchev–Trinajstić information content (AvgIpc) is 3.02. The highest BCUT2D eigenvalue weighted by molar-refractivity contribution is 7.92. The number of anilines is 1. The SMILES string of the molecule is CCOc1ccccc1N(CC(=O)N(Cc1ccccc1C)C(Cc1ccccc1)C(=O)NC(C)(C)C)S(=O)(=O)c1ccc(C)cc1. The van der Waals surface area contributed by atoms with Crippen molar-refractivity contribution in [3.8, 4) is 5.75 Å². The first-order valence-electron chi connectivity index (χ1n) is 15.8. The number of benzene rings is 4. The zero-order chi connectivity index (χ0) is 34.2. The summed E-state index contributed by atoms with van der Waals surface area (Å²) in [6.45, 7) is 11.1. The van der Waals surface area contributed by atoms with Crippen molar-refractivity contribution in [2.75, 3.05) is 17.5 Å². The Morgan fingerprint density at radius 1 is 0.830 bits per heavy atom. The normalized spacial score (nSPS) is 12.2. The van der Waals surface area contributed by atoms with E-state index >= 15 is 0 Å². The van der Waals surface area contributed by atoms with Gasteiger partial charge in [-0.05, 0) is 82.5 Å². The molecule has 4 aromatic carbocycles. The van der Waals surface area contributed by atoms with Gasteiger partial charge in [0.15, 0.2) is 0 Å². The molecule has 0 aromatic heterocycles. The predicted octanol–water partition coefficient (Wildman–Crippen LogP) is 6.45. The maximum atomic E-state index is 14.7. The van der Waals surface area contributed by atoms with Gasteiger partial charge >= 0.3 is 0 Å². The van der Waals surface area contributed by atoms with Crippen LogP contribution >= 0.6 is 0 Å². The molecule has 4 rings (SSSR count). The van der Waals surface area contributed by atoms with Crippen LogP contribution in [-0.2, 0) is 32.6 Å². The van der Waals surface area contributed by atoms with Gasteiger partial charge in [-0.25, -0.2) is 8.42 Å². The van der Waals surface area contributed by atoms with Gasteiger partial charge in [-0.1, -0.05) is 84.4 Å². The Labute approximate surface area is 279 Å². The van der Waals surface area contributed by atoms with E-state index in [0.29, 0.717) is 12.4 Å². The van der Waals surface area contributed by atoms with Crippen molar-refractivity contribution >= 4 is 27.5 Å². The van der Waals surface area contributed by atoms with Gasteiger partial charge in [0.05, 0.1) is 17.2 Å². The molecule has 1 N–H and O–H groups in total. The van der Waals surface area contributed by atoms with E-state index in [1.807, 2.05) is 96.1 Å². The third-order valence-corrected chi connectivity index (χ3v) is 9.47. The zero-order valence-corrected chi connectivity index (χ0v) is 28.9. The lowest BCUT2D eigenvalue weighted by atomic mass is 10.00. The van der Waals surface area contributed by atoms with Gasteiger partial charge in [-0.15, -0.1) is 0 Å². The molecule has 1 unspecified atom stereocenters. The molecule has 248 valence electrons. The van der Waals surface area contributed by atoms with Crippen LogP contribution in [0.2, 0.25) is 0 Å². The van der Waals surface area contributed by atoms with E-state index in [2.05, 4.69) is 5.32 Å². The smallest absolute Gasteiger partial charge is 0.264 e. The van der Waals surface area contributed by atoms with Crippen LogP contribution in [0, 0.1) is 13.8 Å². The lowest BCUT2D eigenvalue weighted by Crippen LogP contribution is -2.56. The van der Waals surface area contributed by atoms with Gasteiger partial charge in [0.2, 0.25) is 11.8 Å².